The van der Waals surface area contributed by atoms with E-state index >= 15 is 0 Å². The van der Waals surface area contributed by atoms with E-state index in [0.29, 0.717) is 12.2 Å². The van der Waals surface area contributed by atoms with Gasteiger partial charge in [0.05, 0.1) is 7.11 Å². The Hall–Kier alpha value is -2.75. The minimum absolute atomic E-state index is 0.185. The van der Waals surface area contributed by atoms with Crippen LogP contribution in [0.1, 0.15) is 41.5 Å². The molecule has 0 bridgehead atoms. The molecule has 1 aliphatic rings. The maximum Gasteiger partial charge on any atom is 0.339 e. The first-order valence-corrected chi connectivity index (χ1v) is 9.51. The monoisotopic (exact) mass is 364 g/mol. The van der Waals surface area contributed by atoms with Crippen LogP contribution in [0.5, 0.6) is 11.5 Å². The van der Waals surface area contributed by atoms with Crippen LogP contribution in [-0.2, 0) is 19.4 Å². The van der Waals surface area contributed by atoms with Gasteiger partial charge >= 0.3 is 5.63 Å². The van der Waals surface area contributed by atoms with Crippen LogP contribution >= 0.6 is 0 Å². The summed E-state index contributed by atoms with van der Waals surface area (Å²) in [7, 11) is 1.65. The summed E-state index contributed by atoms with van der Waals surface area (Å²) in [5.41, 5.74) is 4.45. The zero-order chi connectivity index (χ0) is 18.8. The molecule has 0 saturated heterocycles. The average molecular weight is 364 g/mol. The van der Waals surface area contributed by atoms with Crippen molar-refractivity contribution in [3.63, 3.8) is 0 Å². The van der Waals surface area contributed by atoms with E-state index in [9.17, 15) is 4.79 Å². The Morgan fingerprint density at radius 3 is 2.44 bits per heavy atom. The highest BCUT2D eigenvalue weighted by molar-refractivity contribution is 5.86. The zero-order valence-electron chi connectivity index (χ0n) is 15.8. The van der Waals surface area contributed by atoms with Crippen LogP contribution in [0.3, 0.4) is 0 Å². The molecule has 1 aliphatic carbocycles. The molecule has 0 amide bonds. The third-order valence-electron chi connectivity index (χ3n) is 5.39. The Balaban J connectivity index is 1.66. The fourth-order valence-corrected chi connectivity index (χ4v) is 3.84. The second-order valence-corrected chi connectivity index (χ2v) is 7.11. The van der Waals surface area contributed by atoms with Crippen LogP contribution in [-0.4, -0.2) is 7.11 Å². The molecular weight excluding hydrogens is 340 g/mol. The van der Waals surface area contributed by atoms with Crippen molar-refractivity contribution in [3.8, 4) is 11.5 Å². The first-order valence-electron chi connectivity index (χ1n) is 9.51. The SMILES string of the molecule is COc1ccc(COc2ccc3c4c(c(=O)oc3c2C)CCCCC4)cc1. The van der Waals surface area contributed by atoms with Gasteiger partial charge in [-0.2, -0.15) is 0 Å². The normalized spacial score (nSPS) is 13.9. The van der Waals surface area contributed by atoms with Crippen LogP contribution < -0.4 is 15.1 Å². The third-order valence-corrected chi connectivity index (χ3v) is 5.39. The molecule has 27 heavy (non-hydrogen) atoms. The minimum Gasteiger partial charge on any atom is -0.497 e. The van der Waals surface area contributed by atoms with E-state index in [2.05, 4.69) is 0 Å². The van der Waals surface area contributed by atoms with Crippen molar-refractivity contribution < 1.29 is 13.9 Å². The molecule has 4 heteroatoms. The Morgan fingerprint density at radius 1 is 0.963 bits per heavy atom. The molecule has 1 heterocycles. The van der Waals surface area contributed by atoms with Crippen molar-refractivity contribution in [1.82, 2.24) is 0 Å². The number of hydrogen-bond acceptors (Lipinski definition) is 4. The fraction of sp³-hybridized carbons (Fsp3) is 0.348. The minimum atomic E-state index is -0.185. The van der Waals surface area contributed by atoms with E-state index in [0.717, 1.165) is 65.7 Å². The standard InChI is InChI=1S/C23H24O4/c1-15-21(26-14-16-8-10-17(25-2)11-9-16)13-12-19-18-6-4-3-5-7-20(18)23(24)27-22(15)19/h8-13H,3-7,14H2,1-2H3. The number of hydrogen-bond donors (Lipinski definition) is 0. The lowest BCUT2D eigenvalue weighted by molar-refractivity contribution is 0.303. The summed E-state index contributed by atoms with van der Waals surface area (Å²) in [6.45, 7) is 2.41. The van der Waals surface area contributed by atoms with E-state index in [-0.39, 0.29) is 5.63 Å². The number of rotatable bonds is 4. The topological polar surface area (TPSA) is 48.7 Å². The van der Waals surface area contributed by atoms with Gasteiger partial charge in [-0.15, -0.1) is 0 Å². The predicted molar refractivity (Wildman–Crippen MR) is 106 cm³/mol. The third kappa shape index (κ3) is 3.44. The van der Waals surface area contributed by atoms with Gasteiger partial charge in [-0.05, 0) is 68.0 Å². The van der Waals surface area contributed by atoms with Crippen LogP contribution in [0.2, 0.25) is 0 Å². The molecule has 4 nitrogen and oxygen atoms in total. The van der Waals surface area contributed by atoms with Gasteiger partial charge in [0.15, 0.2) is 0 Å². The molecule has 0 atom stereocenters. The summed E-state index contributed by atoms with van der Waals surface area (Å²) in [6.07, 6.45) is 5.12. The molecule has 0 radical (unpaired) electrons. The highest BCUT2D eigenvalue weighted by Gasteiger charge is 2.19. The van der Waals surface area contributed by atoms with E-state index in [1.54, 1.807) is 7.11 Å². The first kappa shape index (κ1) is 17.7. The smallest absolute Gasteiger partial charge is 0.339 e. The van der Waals surface area contributed by atoms with Crippen LogP contribution in [0.15, 0.2) is 45.6 Å². The van der Waals surface area contributed by atoms with Gasteiger partial charge in [0, 0.05) is 16.5 Å². The zero-order valence-corrected chi connectivity index (χ0v) is 15.8. The van der Waals surface area contributed by atoms with E-state index in [1.165, 1.54) is 5.56 Å². The van der Waals surface area contributed by atoms with E-state index in [1.807, 2.05) is 43.3 Å². The van der Waals surface area contributed by atoms with Crippen LogP contribution in [0.4, 0.5) is 0 Å². The molecule has 140 valence electrons. The van der Waals surface area contributed by atoms with Gasteiger partial charge in [0.1, 0.15) is 23.7 Å². The van der Waals surface area contributed by atoms with Gasteiger partial charge in [-0.3, -0.25) is 0 Å². The second-order valence-electron chi connectivity index (χ2n) is 7.11. The lowest BCUT2D eigenvalue weighted by Crippen LogP contribution is -2.11. The Morgan fingerprint density at radius 2 is 1.70 bits per heavy atom. The lowest BCUT2D eigenvalue weighted by atomic mass is 9.98. The van der Waals surface area contributed by atoms with E-state index < -0.39 is 0 Å². The molecule has 0 unspecified atom stereocenters. The van der Waals surface area contributed by atoms with Crippen molar-refractivity contribution in [2.45, 2.75) is 45.6 Å². The number of fused-ring (bicyclic) bond motifs is 3. The molecule has 1 aromatic heterocycles. The molecule has 0 saturated carbocycles. The Labute approximate surface area is 158 Å². The highest BCUT2D eigenvalue weighted by Crippen LogP contribution is 2.32. The quantitative estimate of drug-likeness (QED) is 0.485. The predicted octanol–water partition coefficient (Wildman–Crippen LogP) is 4.96. The summed E-state index contributed by atoms with van der Waals surface area (Å²) in [5, 5.41) is 1.06. The van der Waals surface area contributed by atoms with Crippen LogP contribution in [0.25, 0.3) is 11.0 Å². The van der Waals surface area contributed by atoms with Crippen molar-refractivity contribution >= 4 is 11.0 Å². The van der Waals surface area contributed by atoms with Crippen molar-refractivity contribution in [2.24, 2.45) is 0 Å². The Bertz CT molecular complexity index is 1020. The molecule has 0 fully saturated rings. The van der Waals surface area contributed by atoms with E-state index in [4.69, 9.17) is 13.9 Å². The second kappa shape index (κ2) is 7.47. The summed E-state index contributed by atoms with van der Waals surface area (Å²) >= 11 is 0. The first-order chi connectivity index (χ1) is 13.2. The van der Waals surface area contributed by atoms with Gasteiger partial charge in [0.2, 0.25) is 0 Å². The number of aryl methyl sites for hydroxylation is 2. The molecule has 0 aliphatic heterocycles. The number of benzene rings is 2. The number of methoxy groups -OCH3 is 1. The fourth-order valence-electron chi connectivity index (χ4n) is 3.84. The number of ether oxygens (including phenoxy) is 2. The summed E-state index contributed by atoms with van der Waals surface area (Å²) in [5.74, 6) is 1.57. The molecule has 3 aromatic rings. The largest absolute Gasteiger partial charge is 0.497 e. The van der Waals surface area contributed by atoms with Gasteiger partial charge in [-0.1, -0.05) is 18.6 Å². The van der Waals surface area contributed by atoms with Gasteiger partial charge in [0.25, 0.3) is 0 Å². The summed E-state index contributed by atoms with van der Waals surface area (Å²) < 4.78 is 16.9. The molecule has 0 spiro atoms. The maximum atomic E-state index is 12.5. The van der Waals surface area contributed by atoms with Gasteiger partial charge in [-0.25, -0.2) is 4.79 Å². The molecular formula is C23H24O4. The van der Waals surface area contributed by atoms with Crippen molar-refractivity contribution in [3.05, 3.63) is 69.1 Å². The molecule has 2 aromatic carbocycles. The lowest BCUT2D eigenvalue weighted by Gasteiger charge is -2.14. The maximum absolute atomic E-state index is 12.5. The average Bonchev–Trinajstić information content (AvgIpc) is 2.95. The van der Waals surface area contributed by atoms with Crippen molar-refractivity contribution in [2.75, 3.05) is 7.11 Å². The van der Waals surface area contributed by atoms with Crippen molar-refractivity contribution in [1.29, 1.82) is 0 Å². The highest BCUT2D eigenvalue weighted by atomic mass is 16.5. The molecule has 0 N–H and O–H groups in total. The van der Waals surface area contributed by atoms with Gasteiger partial charge < -0.3 is 13.9 Å². The summed E-state index contributed by atoms with van der Waals surface area (Å²) in [6, 6.07) is 11.8. The summed E-state index contributed by atoms with van der Waals surface area (Å²) in [4.78, 5) is 12.5. The Kier molecular flexibility index (Phi) is 4.88. The van der Waals surface area contributed by atoms with Crippen LogP contribution in [0, 0.1) is 6.92 Å². The molecule has 4 rings (SSSR count).